The highest BCUT2D eigenvalue weighted by atomic mass is 32.2. The second-order valence-corrected chi connectivity index (χ2v) is 8.61. The van der Waals surface area contributed by atoms with E-state index in [0.29, 0.717) is 15.0 Å². The van der Waals surface area contributed by atoms with E-state index in [1.807, 2.05) is 63.2 Å². The minimum absolute atomic E-state index is 0.120. The fraction of sp³-hybridized carbons (Fsp3) is 0.200. The van der Waals surface area contributed by atoms with E-state index in [1.165, 1.54) is 23.1 Å². The number of aromatic nitrogens is 2. The second-order valence-electron chi connectivity index (χ2n) is 6.41. The van der Waals surface area contributed by atoms with Crippen LogP contribution in [0.15, 0.2) is 46.8 Å². The maximum atomic E-state index is 12.4. The summed E-state index contributed by atoms with van der Waals surface area (Å²) >= 11 is 2.52. The first-order valence-corrected chi connectivity index (χ1v) is 10.4. The molecule has 3 aromatic rings. The lowest BCUT2D eigenvalue weighted by Gasteiger charge is -2.04. The Morgan fingerprint density at radius 3 is 2.29 bits per heavy atom. The third-order valence-corrected chi connectivity index (χ3v) is 5.74. The summed E-state index contributed by atoms with van der Waals surface area (Å²) in [5, 5.41) is 14.0. The third-order valence-electron chi connectivity index (χ3n) is 3.77. The standard InChI is InChI=1S/C20H20N4O2S2/c1-12-4-6-16(7-5-12)21-17(25)11-27-20-24-23-19(28-20)22-18(26)15-9-13(2)8-14(3)10-15/h4-10H,11H2,1-3H3,(H,21,25)(H,22,23,26). The van der Waals surface area contributed by atoms with Gasteiger partial charge in [-0.1, -0.05) is 58.0 Å². The van der Waals surface area contributed by atoms with Crippen molar-refractivity contribution in [2.24, 2.45) is 0 Å². The summed E-state index contributed by atoms with van der Waals surface area (Å²) in [6.45, 7) is 5.89. The molecule has 0 aliphatic carbocycles. The molecule has 2 aromatic carbocycles. The van der Waals surface area contributed by atoms with Crippen molar-refractivity contribution in [2.45, 2.75) is 25.1 Å². The molecule has 1 heterocycles. The number of carbonyl (C=O) groups is 2. The van der Waals surface area contributed by atoms with Crippen LogP contribution in [-0.2, 0) is 4.79 Å². The van der Waals surface area contributed by atoms with Crippen molar-refractivity contribution < 1.29 is 9.59 Å². The molecule has 144 valence electrons. The normalized spacial score (nSPS) is 10.5. The van der Waals surface area contributed by atoms with Gasteiger partial charge in [-0.25, -0.2) is 0 Å². The van der Waals surface area contributed by atoms with Crippen molar-refractivity contribution in [3.8, 4) is 0 Å². The molecule has 8 heteroatoms. The Bertz CT molecular complexity index is 979. The van der Waals surface area contributed by atoms with Crippen molar-refractivity contribution in [1.29, 1.82) is 0 Å². The number of anilines is 2. The van der Waals surface area contributed by atoms with Gasteiger partial charge in [0.05, 0.1) is 5.75 Å². The van der Waals surface area contributed by atoms with Gasteiger partial charge in [-0.05, 0) is 45.0 Å². The molecule has 3 rings (SSSR count). The number of benzene rings is 2. The number of rotatable bonds is 6. The van der Waals surface area contributed by atoms with Crippen molar-refractivity contribution in [3.05, 3.63) is 64.7 Å². The first-order chi connectivity index (χ1) is 13.4. The number of aryl methyl sites for hydroxylation is 3. The SMILES string of the molecule is Cc1ccc(NC(=O)CSc2nnc(NC(=O)c3cc(C)cc(C)c3)s2)cc1. The van der Waals surface area contributed by atoms with Crippen LogP contribution in [0.5, 0.6) is 0 Å². The number of carbonyl (C=O) groups excluding carboxylic acids is 2. The number of hydrogen-bond donors (Lipinski definition) is 2. The van der Waals surface area contributed by atoms with Crippen molar-refractivity contribution in [2.75, 3.05) is 16.4 Å². The third kappa shape index (κ3) is 5.64. The fourth-order valence-corrected chi connectivity index (χ4v) is 4.10. The number of thioether (sulfide) groups is 1. The topological polar surface area (TPSA) is 84.0 Å². The lowest BCUT2D eigenvalue weighted by Crippen LogP contribution is -2.13. The lowest BCUT2D eigenvalue weighted by atomic mass is 10.1. The summed E-state index contributed by atoms with van der Waals surface area (Å²) in [6.07, 6.45) is 0. The van der Waals surface area contributed by atoms with Crippen LogP contribution < -0.4 is 10.6 Å². The average Bonchev–Trinajstić information content (AvgIpc) is 3.08. The molecule has 28 heavy (non-hydrogen) atoms. The minimum atomic E-state index is -0.225. The zero-order chi connectivity index (χ0) is 20.1. The van der Waals surface area contributed by atoms with Crippen LogP contribution in [0.25, 0.3) is 0 Å². The Morgan fingerprint density at radius 1 is 0.929 bits per heavy atom. The Morgan fingerprint density at radius 2 is 1.61 bits per heavy atom. The van der Waals surface area contributed by atoms with Gasteiger partial charge in [0, 0.05) is 11.3 Å². The minimum Gasteiger partial charge on any atom is -0.325 e. The number of hydrogen-bond acceptors (Lipinski definition) is 6. The molecule has 0 spiro atoms. The molecule has 1 aromatic heterocycles. The molecule has 0 aliphatic rings. The van der Waals surface area contributed by atoms with E-state index in [-0.39, 0.29) is 17.6 Å². The van der Waals surface area contributed by atoms with E-state index >= 15 is 0 Å². The first kappa shape index (κ1) is 20.0. The monoisotopic (exact) mass is 412 g/mol. The Kier molecular flexibility index (Phi) is 6.43. The van der Waals surface area contributed by atoms with E-state index in [0.717, 1.165) is 22.4 Å². The van der Waals surface area contributed by atoms with Gasteiger partial charge in [-0.3, -0.25) is 14.9 Å². The van der Waals surface area contributed by atoms with Gasteiger partial charge < -0.3 is 5.32 Å². The van der Waals surface area contributed by atoms with Crippen LogP contribution in [0.1, 0.15) is 27.0 Å². The molecule has 0 radical (unpaired) electrons. The summed E-state index contributed by atoms with van der Waals surface area (Å²) in [6, 6.07) is 13.3. The molecular weight excluding hydrogens is 392 g/mol. The molecular formula is C20H20N4O2S2. The van der Waals surface area contributed by atoms with Gasteiger partial charge in [-0.2, -0.15) is 0 Å². The van der Waals surface area contributed by atoms with Crippen LogP contribution in [0.2, 0.25) is 0 Å². The molecule has 0 bridgehead atoms. The second kappa shape index (κ2) is 8.99. The summed E-state index contributed by atoms with van der Waals surface area (Å²) < 4.78 is 0.620. The van der Waals surface area contributed by atoms with Crippen LogP contribution in [0, 0.1) is 20.8 Å². The molecule has 0 aliphatic heterocycles. The fourth-order valence-electron chi connectivity index (χ4n) is 2.55. The number of nitrogens with one attached hydrogen (secondary N) is 2. The van der Waals surface area contributed by atoms with Gasteiger partial charge in [0.15, 0.2) is 4.34 Å². The molecule has 6 nitrogen and oxygen atoms in total. The van der Waals surface area contributed by atoms with Crippen molar-refractivity contribution in [1.82, 2.24) is 10.2 Å². The van der Waals surface area contributed by atoms with E-state index in [9.17, 15) is 9.59 Å². The molecule has 0 fully saturated rings. The van der Waals surface area contributed by atoms with Crippen LogP contribution >= 0.6 is 23.1 Å². The Hall–Kier alpha value is -2.71. The quantitative estimate of drug-likeness (QED) is 0.462. The molecule has 0 saturated heterocycles. The highest BCUT2D eigenvalue weighted by molar-refractivity contribution is 8.01. The van der Waals surface area contributed by atoms with Crippen LogP contribution in [-0.4, -0.2) is 27.8 Å². The predicted octanol–water partition coefficient (Wildman–Crippen LogP) is 4.45. The van der Waals surface area contributed by atoms with E-state index < -0.39 is 0 Å². The van der Waals surface area contributed by atoms with E-state index in [1.54, 1.807) is 0 Å². The maximum Gasteiger partial charge on any atom is 0.257 e. The predicted molar refractivity (Wildman–Crippen MR) is 114 cm³/mol. The summed E-state index contributed by atoms with van der Waals surface area (Å²) in [5.74, 6) is -0.130. The smallest absolute Gasteiger partial charge is 0.257 e. The van der Waals surface area contributed by atoms with Crippen LogP contribution in [0.3, 0.4) is 0 Å². The van der Waals surface area contributed by atoms with E-state index in [2.05, 4.69) is 20.8 Å². The van der Waals surface area contributed by atoms with Gasteiger partial charge in [-0.15, -0.1) is 10.2 Å². The molecule has 0 unspecified atom stereocenters. The summed E-state index contributed by atoms with van der Waals surface area (Å²) in [7, 11) is 0. The van der Waals surface area contributed by atoms with Gasteiger partial charge in [0.1, 0.15) is 0 Å². The lowest BCUT2D eigenvalue weighted by molar-refractivity contribution is -0.113. The van der Waals surface area contributed by atoms with Crippen molar-refractivity contribution >= 4 is 45.7 Å². The molecule has 0 atom stereocenters. The van der Waals surface area contributed by atoms with Crippen molar-refractivity contribution in [3.63, 3.8) is 0 Å². The first-order valence-electron chi connectivity index (χ1n) is 8.61. The molecule has 0 saturated carbocycles. The Balaban J connectivity index is 1.53. The van der Waals surface area contributed by atoms with E-state index in [4.69, 9.17) is 0 Å². The summed E-state index contributed by atoms with van der Waals surface area (Å²) in [4.78, 5) is 24.4. The van der Waals surface area contributed by atoms with Gasteiger partial charge in [0.25, 0.3) is 5.91 Å². The van der Waals surface area contributed by atoms with Crippen LogP contribution in [0.4, 0.5) is 10.8 Å². The van der Waals surface area contributed by atoms with Gasteiger partial charge in [0.2, 0.25) is 11.0 Å². The van der Waals surface area contributed by atoms with Gasteiger partial charge >= 0.3 is 0 Å². The maximum absolute atomic E-state index is 12.4. The Labute approximate surface area is 171 Å². The summed E-state index contributed by atoms with van der Waals surface area (Å²) in [5.41, 5.74) is 4.53. The molecule has 2 amide bonds. The largest absolute Gasteiger partial charge is 0.325 e. The highest BCUT2D eigenvalue weighted by Gasteiger charge is 2.12. The number of amides is 2. The zero-order valence-corrected chi connectivity index (χ0v) is 17.4. The molecule has 2 N–H and O–H groups in total. The number of nitrogens with zero attached hydrogens (tertiary/aromatic N) is 2. The highest BCUT2D eigenvalue weighted by Crippen LogP contribution is 2.26. The zero-order valence-electron chi connectivity index (χ0n) is 15.8. The average molecular weight is 413 g/mol.